The quantitative estimate of drug-likeness (QED) is 0.728. The number of hydrogen-bond acceptors (Lipinski definition) is 4. The summed E-state index contributed by atoms with van der Waals surface area (Å²) < 4.78 is 27.3. The average Bonchev–Trinajstić information content (AvgIpc) is 2.61. The Kier molecular flexibility index (Phi) is 6.15. The number of amides is 1. The summed E-state index contributed by atoms with van der Waals surface area (Å²) in [6, 6.07) is 12.0. The van der Waals surface area contributed by atoms with E-state index in [1.54, 1.807) is 12.1 Å². The summed E-state index contributed by atoms with van der Waals surface area (Å²) in [6.45, 7) is 5.31. The van der Waals surface area contributed by atoms with Crippen LogP contribution in [0, 0.1) is 0 Å². The number of ketones is 1. The first-order valence-corrected chi connectivity index (χ1v) is 9.76. The summed E-state index contributed by atoms with van der Waals surface area (Å²) in [4.78, 5) is 23.4. The molecule has 6 nitrogen and oxygen atoms in total. The smallest absolute Gasteiger partial charge is 0.261 e. The summed E-state index contributed by atoms with van der Waals surface area (Å²) in [5, 5.41) is 2.83. The summed E-state index contributed by atoms with van der Waals surface area (Å²) in [5.41, 5.74) is 1.26. The lowest BCUT2D eigenvalue weighted by atomic mass is 10.1. The number of rotatable bonds is 7. The number of nitrogens with one attached hydrogen (secondary N) is 2. The van der Waals surface area contributed by atoms with E-state index in [0.29, 0.717) is 16.8 Å². The Balaban J connectivity index is 2.13. The van der Waals surface area contributed by atoms with Gasteiger partial charge in [0.05, 0.1) is 4.90 Å². The van der Waals surface area contributed by atoms with E-state index >= 15 is 0 Å². The highest BCUT2D eigenvalue weighted by Gasteiger charge is 2.16. The van der Waals surface area contributed by atoms with E-state index < -0.39 is 10.0 Å². The van der Waals surface area contributed by atoms with Crippen LogP contribution < -0.4 is 10.0 Å². The molecular weight excluding hydrogens is 352 g/mol. The van der Waals surface area contributed by atoms with E-state index in [1.807, 2.05) is 13.8 Å². The van der Waals surface area contributed by atoms with Gasteiger partial charge in [0.2, 0.25) is 0 Å². The highest BCUT2D eigenvalue weighted by Crippen LogP contribution is 2.17. The zero-order chi connectivity index (χ0) is 19.3. The molecular formula is C19H22N2O4S. The van der Waals surface area contributed by atoms with Crippen molar-refractivity contribution < 1.29 is 18.0 Å². The molecule has 0 saturated heterocycles. The molecule has 1 amide bonds. The first kappa shape index (κ1) is 19.7. The van der Waals surface area contributed by atoms with Crippen LogP contribution in [0.3, 0.4) is 0 Å². The number of benzene rings is 2. The summed E-state index contributed by atoms with van der Waals surface area (Å²) >= 11 is 0. The van der Waals surface area contributed by atoms with Gasteiger partial charge in [0.1, 0.15) is 0 Å². The number of sulfonamides is 1. The molecule has 1 atom stereocenters. The minimum absolute atomic E-state index is 0.0468. The molecule has 0 aromatic heterocycles. The molecule has 0 aliphatic heterocycles. The minimum atomic E-state index is -3.78. The molecule has 0 aliphatic carbocycles. The van der Waals surface area contributed by atoms with Crippen LogP contribution >= 0.6 is 0 Å². The second kappa shape index (κ2) is 8.14. The van der Waals surface area contributed by atoms with Gasteiger partial charge in [-0.1, -0.05) is 6.92 Å². The van der Waals surface area contributed by atoms with Crippen LogP contribution in [0.1, 0.15) is 47.9 Å². The molecule has 7 heteroatoms. The molecule has 0 bridgehead atoms. The fourth-order valence-corrected chi connectivity index (χ4v) is 3.24. The Morgan fingerprint density at radius 2 is 1.50 bits per heavy atom. The second-order valence-corrected chi connectivity index (χ2v) is 7.73. The van der Waals surface area contributed by atoms with Crippen molar-refractivity contribution in [2.45, 2.75) is 38.1 Å². The number of carbonyl (C=O) groups excluding carboxylic acids is 2. The van der Waals surface area contributed by atoms with Crippen molar-refractivity contribution in [3.8, 4) is 0 Å². The first-order valence-electron chi connectivity index (χ1n) is 8.27. The standard InChI is InChI=1S/C19H22N2O4S/c1-4-13(2)20-19(23)16-7-11-18(12-8-16)26(24,25)21-17-9-5-15(6-10-17)14(3)22/h5-13,21H,4H2,1-3H3,(H,20,23). The number of hydrogen-bond donors (Lipinski definition) is 2. The largest absolute Gasteiger partial charge is 0.350 e. The van der Waals surface area contributed by atoms with Crippen molar-refractivity contribution in [3.05, 3.63) is 59.7 Å². The van der Waals surface area contributed by atoms with Gasteiger partial charge >= 0.3 is 0 Å². The van der Waals surface area contributed by atoms with Crippen molar-refractivity contribution in [2.75, 3.05) is 4.72 Å². The minimum Gasteiger partial charge on any atom is -0.350 e. The van der Waals surface area contributed by atoms with E-state index in [-0.39, 0.29) is 22.6 Å². The van der Waals surface area contributed by atoms with Gasteiger partial charge in [-0.15, -0.1) is 0 Å². The SMILES string of the molecule is CCC(C)NC(=O)c1ccc(S(=O)(=O)Nc2ccc(C(C)=O)cc2)cc1. The zero-order valence-corrected chi connectivity index (χ0v) is 15.8. The monoisotopic (exact) mass is 374 g/mol. The Morgan fingerprint density at radius 1 is 0.962 bits per heavy atom. The van der Waals surface area contributed by atoms with Crippen molar-refractivity contribution >= 4 is 27.4 Å². The van der Waals surface area contributed by atoms with Crippen LogP contribution in [-0.4, -0.2) is 26.2 Å². The van der Waals surface area contributed by atoms with Crippen LogP contribution in [0.5, 0.6) is 0 Å². The van der Waals surface area contributed by atoms with Gasteiger partial charge in [-0.2, -0.15) is 0 Å². The fourth-order valence-electron chi connectivity index (χ4n) is 2.18. The molecule has 2 N–H and O–H groups in total. The van der Waals surface area contributed by atoms with Crippen LogP contribution in [0.25, 0.3) is 0 Å². The van der Waals surface area contributed by atoms with Crippen molar-refractivity contribution in [1.29, 1.82) is 0 Å². The van der Waals surface area contributed by atoms with Crippen LogP contribution in [0.4, 0.5) is 5.69 Å². The van der Waals surface area contributed by atoms with Gasteiger partial charge in [-0.05, 0) is 68.8 Å². The molecule has 0 saturated carbocycles. The maximum Gasteiger partial charge on any atom is 0.261 e. The molecule has 26 heavy (non-hydrogen) atoms. The highest BCUT2D eigenvalue weighted by molar-refractivity contribution is 7.92. The van der Waals surface area contributed by atoms with Gasteiger partial charge in [-0.3, -0.25) is 14.3 Å². The van der Waals surface area contributed by atoms with E-state index in [9.17, 15) is 18.0 Å². The Bertz CT molecular complexity index is 888. The third-order valence-electron chi connectivity index (χ3n) is 3.96. The predicted molar refractivity (Wildman–Crippen MR) is 101 cm³/mol. The molecule has 2 aromatic carbocycles. The second-order valence-electron chi connectivity index (χ2n) is 6.05. The van der Waals surface area contributed by atoms with Gasteiger partial charge in [-0.25, -0.2) is 8.42 Å². The normalized spacial score (nSPS) is 12.3. The molecule has 0 aliphatic rings. The summed E-state index contributed by atoms with van der Waals surface area (Å²) in [5.74, 6) is -0.332. The topological polar surface area (TPSA) is 92.3 Å². The molecule has 138 valence electrons. The molecule has 0 fully saturated rings. The van der Waals surface area contributed by atoms with E-state index in [4.69, 9.17) is 0 Å². The molecule has 0 heterocycles. The Hall–Kier alpha value is -2.67. The first-order chi connectivity index (χ1) is 12.2. The van der Waals surface area contributed by atoms with Crippen molar-refractivity contribution in [1.82, 2.24) is 5.32 Å². The van der Waals surface area contributed by atoms with Gasteiger partial charge in [0.15, 0.2) is 5.78 Å². The zero-order valence-electron chi connectivity index (χ0n) is 14.9. The lowest BCUT2D eigenvalue weighted by Crippen LogP contribution is -2.31. The van der Waals surface area contributed by atoms with Crippen LogP contribution in [0.15, 0.2) is 53.4 Å². The average molecular weight is 374 g/mol. The van der Waals surface area contributed by atoms with Crippen molar-refractivity contribution in [2.24, 2.45) is 0 Å². The molecule has 2 rings (SSSR count). The summed E-state index contributed by atoms with van der Waals surface area (Å²) in [6.07, 6.45) is 0.810. The summed E-state index contributed by atoms with van der Waals surface area (Å²) in [7, 11) is -3.78. The molecule has 1 unspecified atom stereocenters. The van der Waals surface area contributed by atoms with Crippen molar-refractivity contribution in [3.63, 3.8) is 0 Å². The Morgan fingerprint density at radius 3 is 2.00 bits per heavy atom. The maximum atomic E-state index is 12.4. The van der Waals surface area contributed by atoms with Crippen LogP contribution in [0.2, 0.25) is 0 Å². The van der Waals surface area contributed by atoms with Gasteiger partial charge in [0.25, 0.3) is 15.9 Å². The van der Waals surface area contributed by atoms with Gasteiger partial charge < -0.3 is 5.32 Å². The maximum absolute atomic E-state index is 12.4. The highest BCUT2D eigenvalue weighted by atomic mass is 32.2. The van der Waals surface area contributed by atoms with E-state index in [1.165, 1.54) is 43.3 Å². The Labute approximate surface area is 153 Å². The van der Waals surface area contributed by atoms with Crippen LogP contribution in [-0.2, 0) is 10.0 Å². The van der Waals surface area contributed by atoms with E-state index in [0.717, 1.165) is 6.42 Å². The number of anilines is 1. The number of Topliss-reactive ketones (excluding diaryl/α,β-unsaturated/α-hetero) is 1. The molecule has 2 aromatic rings. The lowest BCUT2D eigenvalue weighted by molar-refractivity contribution is 0.0938. The molecule has 0 spiro atoms. The lowest BCUT2D eigenvalue weighted by Gasteiger charge is -2.12. The third-order valence-corrected chi connectivity index (χ3v) is 5.36. The third kappa shape index (κ3) is 4.92. The molecule has 0 radical (unpaired) electrons. The fraction of sp³-hybridized carbons (Fsp3) is 0.263. The number of carbonyl (C=O) groups is 2. The van der Waals surface area contributed by atoms with E-state index in [2.05, 4.69) is 10.0 Å². The predicted octanol–water partition coefficient (Wildman–Crippen LogP) is 3.22. The van der Waals surface area contributed by atoms with Gasteiger partial charge in [0, 0.05) is 22.9 Å².